The number of amides is 1. The Morgan fingerprint density at radius 1 is 1.05 bits per heavy atom. The molecule has 4 rings (SSSR count). The van der Waals surface area contributed by atoms with Crippen molar-refractivity contribution >= 4 is 50.2 Å². The normalized spacial score (nSPS) is 23.0. The van der Waals surface area contributed by atoms with Crippen molar-refractivity contribution in [1.29, 1.82) is 0 Å². The molecular weight excluding hydrogens is 518 g/mol. The highest BCUT2D eigenvalue weighted by molar-refractivity contribution is 7.89. The molecule has 2 aromatic rings. The molecule has 0 radical (unpaired) electrons. The Bertz CT molecular complexity index is 1310. The molecule has 1 aliphatic heterocycles. The molecule has 2 fully saturated rings. The lowest BCUT2D eigenvalue weighted by Crippen LogP contribution is -2.57. The lowest BCUT2D eigenvalue weighted by Gasteiger charge is -2.41. The van der Waals surface area contributed by atoms with Crippen molar-refractivity contribution in [3.05, 3.63) is 41.4 Å². The Morgan fingerprint density at radius 2 is 1.68 bits per heavy atom. The van der Waals surface area contributed by atoms with Crippen LogP contribution in [0.15, 0.2) is 46.3 Å². The maximum absolute atomic E-state index is 13.6. The number of aliphatic imine (C=N–C) groups is 1. The number of ether oxygens (including phenoxy) is 1. The smallest absolute Gasteiger partial charge is 0.308 e. The van der Waals surface area contributed by atoms with Gasteiger partial charge in [-0.1, -0.05) is 23.7 Å². The van der Waals surface area contributed by atoms with Gasteiger partial charge in [-0.15, -0.1) is 0 Å². The summed E-state index contributed by atoms with van der Waals surface area (Å²) >= 11 is 6.04. The number of esters is 1. The molecule has 37 heavy (non-hydrogen) atoms. The molecule has 4 N–H and O–H groups in total. The number of carbonyl (C=O) groups is 2. The van der Waals surface area contributed by atoms with Crippen LogP contribution in [0.4, 0.5) is 0 Å². The van der Waals surface area contributed by atoms with E-state index in [4.69, 9.17) is 27.8 Å². The number of guanidine groups is 1. The second kappa shape index (κ2) is 10.8. The van der Waals surface area contributed by atoms with Crippen LogP contribution >= 0.6 is 11.6 Å². The molecule has 2 aromatic carbocycles. The van der Waals surface area contributed by atoms with E-state index in [9.17, 15) is 18.0 Å². The Hall–Kier alpha value is -2.89. The van der Waals surface area contributed by atoms with Gasteiger partial charge in [-0.2, -0.15) is 4.31 Å². The number of carbonyl (C=O) groups excluding carboxylic acids is 2. The van der Waals surface area contributed by atoms with E-state index in [-0.39, 0.29) is 54.8 Å². The molecule has 2 aliphatic rings. The van der Waals surface area contributed by atoms with Gasteiger partial charge in [0.05, 0.1) is 17.4 Å². The van der Waals surface area contributed by atoms with Crippen molar-refractivity contribution in [1.82, 2.24) is 9.21 Å². The molecule has 0 atom stereocenters. The highest BCUT2D eigenvalue weighted by Gasteiger charge is 2.46. The number of sulfonamides is 1. The third-order valence-corrected chi connectivity index (χ3v) is 9.24. The van der Waals surface area contributed by atoms with Crippen molar-refractivity contribution < 1.29 is 22.7 Å². The Kier molecular flexibility index (Phi) is 7.96. The van der Waals surface area contributed by atoms with Crippen molar-refractivity contribution in [2.45, 2.75) is 43.0 Å². The minimum Gasteiger partial charge on any atom is -0.466 e. The topological polar surface area (TPSA) is 148 Å². The largest absolute Gasteiger partial charge is 0.466 e. The van der Waals surface area contributed by atoms with E-state index in [1.807, 2.05) is 0 Å². The van der Waals surface area contributed by atoms with Crippen molar-refractivity contribution in [3.63, 3.8) is 0 Å². The molecular formula is C25H32ClN5O5S. The summed E-state index contributed by atoms with van der Waals surface area (Å²) in [5.74, 6) is -1.01. The summed E-state index contributed by atoms with van der Waals surface area (Å²) in [5.41, 5.74) is 10.2. The van der Waals surface area contributed by atoms with Gasteiger partial charge in [-0.3, -0.25) is 9.59 Å². The fourth-order valence-corrected chi connectivity index (χ4v) is 6.78. The van der Waals surface area contributed by atoms with Crippen LogP contribution in [-0.2, 0) is 24.3 Å². The third kappa shape index (κ3) is 5.68. The number of hydrogen-bond donors (Lipinski definition) is 2. The van der Waals surface area contributed by atoms with Crippen LogP contribution in [0.3, 0.4) is 0 Å². The number of rotatable bonds is 6. The lowest BCUT2D eigenvalue weighted by atomic mass is 9.75. The predicted octanol–water partition coefficient (Wildman–Crippen LogP) is 2.09. The zero-order valence-corrected chi connectivity index (χ0v) is 22.3. The van der Waals surface area contributed by atoms with Crippen LogP contribution in [0, 0.1) is 5.92 Å². The predicted molar refractivity (Wildman–Crippen MR) is 141 cm³/mol. The maximum Gasteiger partial charge on any atom is 0.308 e. The van der Waals surface area contributed by atoms with Gasteiger partial charge < -0.3 is 21.1 Å². The van der Waals surface area contributed by atoms with Gasteiger partial charge in [-0.05, 0) is 67.6 Å². The van der Waals surface area contributed by atoms with Crippen molar-refractivity contribution in [2.75, 3.05) is 32.8 Å². The second-order valence-electron chi connectivity index (χ2n) is 9.44. The Morgan fingerprint density at radius 3 is 2.30 bits per heavy atom. The first-order valence-electron chi connectivity index (χ1n) is 12.3. The highest BCUT2D eigenvalue weighted by atomic mass is 35.5. The average Bonchev–Trinajstić information content (AvgIpc) is 2.88. The minimum absolute atomic E-state index is 0.149. The molecule has 0 spiro atoms. The monoisotopic (exact) mass is 549 g/mol. The maximum atomic E-state index is 13.6. The molecule has 1 saturated heterocycles. The first kappa shape index (κ1) is 27.2. The molecule has 0 unspecified atom stereocenters. The van der Waals surface area contributed by atoms with Crippen molar-refractivity contribution in [2.24, 2.45) is 22.4 Å². The van der Waals surface area contributed by atoms with Crippen LogP contribution in [0.25, 0.3) is 10.8 Å². The summed E-state index contributed by atoms with van der Waals surface area (Å²) in [5, 5.41) is 2.21. The minimum atomic E-state index is -3.75. The molecule has 0 aromatic heterocycles. The van der Waals surface area contributed by atoms with Crippen LogP contribution in [0.1, 0.15) is 32.6 Å². The second-order valence-corrected chi connectivity index (χ2v) is 11.8. The number of hydrogen-bond acceptors (Lipinski definition) is 6. The van der Waals surface area contributed by atoms with E-state index >= 15 is 0 Å². The Balaban J connectivity index is 1.46. The number of nitrogens with zero attached hydrogens (tertiary/aromatic N) is 3. The molecule has 200 valence electrons. The van der Waals surface area contributed by atoms with E-state index in [1.54, 1.807) is 48.2 Å². The molecule has 1 amide bonds. The van der Waals surface area contributed by atoms with E-state index in [0.717, 1.165) is 10.8 Å². The van der Waals surface area contributed by atoms with Crippen molar-refractivity contribution in [3.8, 4) is 0 Å². The van der Waals surface area contributed by atoms with Gasteiger partial charge in [0.15, 0.2) is 5.96 Å². The van der Waals surface area contributed by atoms with Gasteiger partial charge in [0, 0.05) is 31.2 Å². The van der Waals surface area contributed by atoms with E-state index in [0.29, 0.717) is 37.3 Å². The summed E-state index contributed by atoms with van der Waals surface area (Å²) in [6, 6.07) is 10.2. The number of benzene rings is 2. The standard InChI is InChI=1S/C25H32ClN5O5S/c1-2-36-22(32)17-7-9-25(10-8-17,29-24(27)28)23(33)30-11-13-31(14-12-30)37(34,35)21-6-4-18-15-20(26)5-3-19(18)16-21/h3-6,15-17H,2,7-14H2,1H3,(H4,27,28,29). The summed E-state index contributed by atoms with van der Waals surface area (Å²) in [4.78, 5) is 31.9. The van der Waals surface area contributed by atoms with Crippen LogP contribution in [-0.4, -0.2) is 73.8 Å². The van der Waals surface area contributed by atoms with Crippen LogP contribution < -0.4 is 11.5 Å². The van der Waals surface area contributed by atoms with Gasteiger partial charge in [0.25, 0.3) is 5.91 Å². The highest BCUT2D eigenvalue weighted by Crippen LogP contribution is 2.37. The molecule has 10 nitrogen and oxygen atoms in total. The first-order chi connectivity index (χ1) is 17.6. The van der Waals surface area contributed by atoms with E-state index < -0.39 is 15.6 Å². The van der Waals surface area contributed by atoms with E-state index in [1.165, 1.54) is 4.31 Å². The number of nitrogens with two attached hydrogens (primary N) is 2. The fraction of sp³-hybridized carbons (Fsp3) is 0.480. The summed E-state index contributed by atoms with van der Waals surface area (Å²) < 4.78 is 33.2. The van der Waals surface area contributed by atoms with E-state index in [2.05, 4.69) is 4.99 Å². The zero-order valence-electron chi connectivity index (χ0n) is 20.7. The number of fused-ring (bicyclic) bond motifs is 1. The molecule has 1 aliphatic carbocycles. The fourth-order valence-electron chi connectivity index (χ4n) is 5.14. The summed E-state index contributed by atoms with van der Waals surface area (Å²) in [6.45, 7) is 2.78. The zero-order chi connectivity index (χ0) is 26.8. The van der Waals surface area contributed by atoms with Gasteiger partial charge in [0.1, 0.15) is 5.54 Å². The van der Waals surface area contributed by atoms with Gasteiger partial charge in [0.2, 0.25) is 10.0 Å². The lowest BCUT2D eigenvalue weighted by molar-refractivity contribution is -0.151. The quantitative estimate of drug-likeness (QED) is 0.318. The SMILES string of the molecule is CCOC(=O)C1CCC(N=C(N)N)(C(=O)N2CCN(S(=O)(=O)c3ccc4cc(Cl)ccc4c3)CC2)CC1. The Labute approximate surface area is 221 Å². The van der Waals surface area contributed by atoms with Gasteiger partial charge in [-0.25, -0.2) is 13.4 Å². The molecule has 1 saturated carbocycles. The molecule has 12 heteroatoms. The first-order valence-corrected chi connectivity index (χ1v) is 14.1. The van der Waals surface area contributed by atoms with Crippen LogP contribution in [0.5, 0.6) is 0 Å². The number of halogens is 1. The third-order valence-electron chi connectivity index (χ3n) is 7.11. The average molecular weight is 550 g/mol. The summed E-state index contributed by atoms with van der Waals surface area (Å²) in [7, 11) is -3.75. The molecule has 1 heterocycles. The number of piperazine rings is 1. The summed E-state index contributed by atoms with van der Waals surface area (Å²) in [6.07, 6.45) is 1.49. The van der Waals surface area contributed by atoms with Gasteiger partial charge >= 0.3 is 5.97 Å². The van der Waals surface area contributed by atoms with Crippen LogP contribution in [0.2, 0.25) is 5.02 Å². The molecule has 0 bridgehead atoms.